The van der Waals surface area contributed by atoms with Gasteiger partial charge in [0.15, 0.2) is 23.0 Å². The minimum absolute atomic E-state index is 0.139. The number of rotatable bonds is 18. The molecule has 4 aliphatic rings. The summed E-state index contributed by atoms with van der Waals surface area (Å²) in [4.78, 5) is 50.4. The van der Waals surface area contributed by atoms with Crippen molar-refractivity contribution < 1.29 is 61.8 Å². The number of nitrogens with zero attached hydrogens (tertiary/aromatic N) is 6. The van der Waals surface area contributed by atoms with Crippen molar-refractivity contribution in [2.45, 2.75) is 101 Å². The number of ketones is 1. The van der Waals surface area contributed by atoms with Gasteiger partial charge in [0, 0.05) is 41.5 Å². The molecule has 19 heteroatoms. The summed E-state index contributed by atoms with van der Waals surface area (Å²) in [5, 5.41) is 16.6. The number of Topliss-reactive ketones (excluding diaryl/α,β-unsaturated/α-hetero) is 1. The molecule has 2 aliphatic heterocycles. The molecule has 4 heterocycles. The molecule has 0 bridgehead atoms. The lowest BCUT2D eigenvalue weighted by atomic mass is 9.74. The van der Waals surface area contributed by atoms with Gasteiger partial charge in [-0.15, -0.1) is 20.4 Å². The molecule has 2 fully saturated rings. The minimum Gasteiger partial charge on any atom is -0.493 e. The van der Waals surface area contributed by atoms with Gasteiger partial charge in [-0.3, -0.25) is 19.6 Å². The highest BCUT2D eigenvalue weighted by Crippen LogP contribution is 2.48. The summed E-state index contributed by atoms with van der Waals surface area (Å²) < 4.78 is 57.2. The lowest BCUT2D eigenvalue weighted by molar-refractivity contribution is -0.160. The Balaban J connectivity index is 0.928. The van der Waals surface area contributed by atoms with E-state index in [1.807, 2.05) is 38.1 Å². The number of carbonyl (C=O) groups excluding carboxylic acids is 3. The quantitative estimate of drug-likeness (QED) is 0.0829. The Morgan fingerprint density at radius 1 is 0.515 bits per heavy atom. The van der Waals surface area contributed by atoms with Gasteiger partial charge in [0.1, 0.15) is 12.2 Å². The Kier molecular flexibility index (Phi) is 14.5. The standard InChI is InChI=1S/C49H56N6O13/c1-9-65-40-19-27-29-17-25(11-13-35(29)50-45(31(27)21-38(40)59-3)33-23-42(61-5)52-54-47(33)63-7)67-44(57)16-15-37(56)49(58)68-26-12-14-36-30(18-26)28-20-41(66-10-2)39(60-4)22-32(28)46(51-36)34-24-43(62-6)53-55-48(34)64-8/h19-26,29-30,35-36H,9-18H2,1-8H3/t25-,26-,29-,30-,35-,36-/m1/s1. The summed E-state index contributed by atoms with van der Waals surface area (Å²) in [6, 6.07) is 10.8. The summed E-state index contributed by atoms with van der Waals surface area (Å²) in [6.07, 6.45) is 1.39. The highest BCUT2D eigenvalue weighted by Gasteiger charge is 2.42. The molecular weight excluding hydrogens is 881 g/mol. The van der Waals surface area contributed by atoms with Gasteiger partial charge in [-0.25, -0.2) is 4.79 Å². The number of hydrogen-bond acceptors (Lipinski definition) is 19. The Morgan fingerprint density at radius 3 is 1.41 bits per heavy atom. The molecule has 8 rings (SSSR count). The van der Waals surface area contributed by atoms with Gasteiger partial charge < -0.3 is 47.4 Å². The number of fused-ring (bicyclic) bond motifs is 6. The molecule has 4 aromatic rings. The van der Waals surface area contributed by atoms with Crippen LogP contribution in [0.15, 0.2) is 46.4 Å². The van der Waals surface area contributed by atoms with Gasteiger partial charge in [-0.2, -0.15) is 0 Å². The van der Waals surface area contributed by atoms with Crippen LogP contribution in [0.5, 0.6) is 46.5 Å². The fourth-order valence-electron chi connectivity index (χ4n) is 9.70. The molecule has 2 aromatic heterocycles. The maximum Gasteiger partial charge on any atom is 0.374 e. The Bertz CT molecular complexity index is 2620. The summed E-state index contributed by atoms with van der Waals surface area (Å²) in [5.74, 6) is 0.652. The van der Waals surface area contributed by atoms with E-state index >= 15 is 0 Å². The van der Waals surface area contributed by atoms with Crippen molar-refractivity contribution in [3.63, 3.8) is 0 Å². The number of aliphatic imine (C=N–C) groups is 2. The molecule has 6 atom stereocenters. The number of methoxy groups -OCH3 is 6. The van der Waals surface area contributed by atoms with Crippen LogP contribution in [0.25, 0.3) is 0 Å². The van der Waals surface area contributed by atoms with Crippen LogP contribution in [0.3, 0.4) is 0 Å². The third kappa shape index (κ3) is 9.55. The van der Waals surface area contributed by atoms with Crippen molar-refractivity contribution in [2.75, 3.05) is 55.9 Å². The number of aromatic nitrogens is 4. The van der Waals surface area contributed by atoms with Crippen LogP contribution in [0, 0.1) is 0 Å². The molecule has 360 valence electrons. The van der Waals surface area contributed by atoms with E-state index in [1.165, 1.54) is 28.4 Å². The van der Waals surface area contributed by atoms with Crippen LogP contribution >= 0.6 is 0 Å². The maximum absolute atomic E-state index is 13.3. The van der Waals surface area contributed by atoms with Crippen molar-refractivity contribution >= 4 is 29.1 Å². The Labute approximate surface area is 393 Å². The zero-order valence-electron chi connectivity index (χ0n) is 39.5. The molecule has 0 amide bonds. The van der Waals surface area contributed by atoms with Gasteiger partial charge in [-0.1, -0.05) is 0 Å². The van der Waals surface area contributed by atoms with Crippen LogP contribution in [0.2, 0.25) is 0 Å². The number of esters is 2. The zero-order chi connectivity index (χ0) is 48.1. The van der Waals surface area contributed by atoms with Gasteiger partial charge in [0.2, 0.25) is 29.3 Å². The van der Waals surface area contributed by atoms with E-state index < -0.39 is 29.9 Å². The fourth-order valence-corrected chi connectivity index (χ4v) is 9.70. The number of ether oxygens (including phenoxy) is 10. The van der Waals surface area contributed by atoms with Gasteiger partial charge >= 0.3 is 11.9 Å². The average Bonchev–Trinajstić information content (AvgIpc) is 3.36. The normalized spacial score (nSPS) is 21.2. The van der Waals surface area contributed by atoms with E-state index in [0.717, 1.165) is 22.3 Å². The first-order chi connectivity index (χ1) is 33.0. The van der Waals surface area contributed by atoms with Crippen molar-refractivity contribution in [3.8, 4) is 46.5 Å². The van der Waals surface area contributed by atoms with E-state index in [2.05, 4.69) is 20.4 Å². The topological polar surface area (TPSA) is 220 Å². The second-order valence-corrected chi connectivity index (χ2v) is 16.7. The van der Waals surface area contributed by atoms with Crippen molar-refractivity contribution in [1.82, 2.24) is 20.4 Å². The lowest BCUT2D eigenvalue weighted by Gasteiger charge is -2.39. The molecule has 0 saturated heterocycles. The van der Waals surface area contributed by atoms with Crippen molar-refractivity contribution in [2.24, 2.45) is 9.98 Å². The zero-order valence-corrected chi connectivity index (χ0v) is 39.5. The molecule has 0 N–H and O–H groups in total. The molecule has 2 aliphatic carbocycles. The minimum atomic E-state index is -0.988. The molecule has 2 saturated carbocycles. The molecule has 0 radical (unpaired) electrons. The second-order valence-electron chi connectivity index (χ2n) is 16.7. The number of benzene rings is 2. The van der Waals surface area contributed by atoms with E-state index in [0.29, 0.717) is 109 Å². The predicted octanol–water partition coefficient (Wildman–Crippen LogP) is 5.96. The number of hydrogen-bond donors (Lipinski definition) is 0. The third-order valence-electron chi connectivity index (χ3n) is 12.8. The molecule has 19 nitrogen and oxygen atoms in total. The van der Waals surface area contributed by atoms with Crippen LogP contribution in [0.1, 0.15) is 110 Å². The molecule has 0 unspecified atom stereocenters. The predicted molar refractivity (Wildman–Crippen MR) is 245 cm³/mol. The molecular formula is C49H56N6O13. The SMILES string of the molecule is CCOc1cc2c(cc1OC)C(c1cc(OC)nnc1OC)=N[C@@H]1CC[C@@H](OC(=O)CCC(=O)C(=O)O[C@@H]3CC[C@H]4N=C(c5cc(OC)nnc5OC)c5cc(OC)c(OCC)cc5[C@H]4C3)C[C@H]21. The van der Waals surface area contributed by atoms with Crippen molar-refractivity contribution in [3.05, 3.63) is 69.8 Å². The van der Waals surface area contributed by atoms with E-state index in [1.54, 1.807) is 26.4 Å². The average molecular weight is 937 g/mol. The lowest BCUT2D eigenvalue weighted by Crippen LogP contribution is -2.37. The maximum atomic E-state index is 13.3. The van der Waals surface area contributed by atoms with Gasteiger partial charge in [-0.05, 0) is 87.8 Å². The van der Waals surface area contributed by atoms with E-state index in [9.17, 15) is 14.4 Å². The van der Waals surface area contributed by atoms with Gasteiger partial charge in [0.05, 0.1) is 96.9 Å². The monoisotopic (exact) mass is 936 g/mol. The highest BCUT2D eigenvalue weighted by atomic mass is 16.6. The van der Waals surface area contributed by atoms with Crippen LogP contribution in [0.4, 0.5) is 0 Å². The molecule has 2 aromatic carbocycles. The van der Waals surface area contributed by atoms with E-state index in [4.69, 9.17) is 57.4 Å². The third-order valence-corrected chi connectivity index (χ3v) is 12.8. The van der Waals surface area contributed by atoms with E-state index in [-0.39, 0.29) is 48.5 Å². The Hall–Kier alpha value is -7.05. The second kappa shape index (κ2) is 20.9. The Morgan fingerprint density at radius 2 is 0.985 bits per heavy atom. The smallest absolute Gasteiger partial charge is 0.374 e. The van der Waals surface area contributed by atoms with Crippen LogP contribution in [-0.4, -0.2) is 130 Å². The van der Waals surface area contributed by atoms with Crippen LogP contribution < -0.4 is 37.9 Å². The van der Waals surface area contributed by atoms with Crippen molar-refractivity contribution in [1.29, 1.82) is 0 Å². The fraction of sp³-hybridized carbons (Fsp3) is 0.490. The number of carbonyl (C=O) groups is 3. The first-order valence-electron chi connectivity index (χ1n) is 22.8. The largest absolute Gasteiger partial charge is 0.493 e. The summed E-state index contributed by atoms with van der Waals surface area (Å²) in [7, 11) is 9.20. The summed E-state index contributed by atoms with van der Waals surface area (Å²) in [6.45, 7) is 4.63. The summed E-state index contributed by atoms with van der Waals surface area (Å²) >= 11 is 0. The first-order valence-corrected chi connectivity index (χ1v) is 22.8. The van der Waals surface area contributed by atoms with Crippen LogP contribution in [-0.2, 0) is 23.9 Å². The molecule has 68 heavy (non-hydrogen) atoms. The first kappa shape index (κ1) is 47.4. The highest BCUT2D eigenvalue weighted by molar-refractivity contribution is 6.33. The summed E-state index contributed by atoms with van der Waals surface area (Å²) in [5.41, 5.74) is 5.88. The van der Waals surface area contributed by atoms with Gasteiger partial charge in [0.25, 0.3) is 0 Å². The molecule has 0 spiro atoms.